The summed E-state index contributed by atoms with van der Waals surface area (Å²) in [6, 6.07) is 5.08. The first kappa shape index (κ1) is 23.2. The van der Waals surface area contributed by atoms with Crippen LogP contribution in [0.25, 0.3) is 0 Å². The zero-order valence-electron chi connectivity index (χ0n) is 15.6. The number of aliphatic imine (C=N–C) groups is 1. The molecule has 0 fully saturated rings. The fraction of sp³-hybridized carbons (Fsp3) is 0.588. The Hall–Kier alpha value is -1.81. The molecule has 0 aliphatic carbocycles. The molecule has 0 heterocycles. The van der Waals surface area contributed by atoms with Gasteiger partial charge >= 0.3 is 6.18 Å². The average Bonchev–Trinajstić information content (AvgIpc) is 2.61. The van der Waals surface area contributed by atoms with Crippen molar-refractivity contribution in [3.63, 3.8) is 0 Å². The molecule has 0 bridgehead atoms. The molecule has 1 aromatic rings. The second-order valence-electron chi connectivity index (χ2n) is 5.78. The van der Waals surface area contributed by atoms with Crippen LogP contribution in [0, 0.1) is 0 Å². The maximum absolute atomic E-state index is 12.5. The lowest BCUT2D eigenvalue weighted by molar-refractivity contribution is -0.137. The number of rotatable bonds is 10. The maximum atomic E-state index is 12.5. The molecule has 0 atom stereocenters. The van der Waals surface area contributed by atoms with Gasteiger partial charge in [0.25, 0.3) is 0 Å². The second-order valence-corrected chi connectivity index (χ2v) is 7.88. The van der Waals surface area contributed by atoms with Crippen molar-refractivity contribution in [2.75, 3.05) is 31.9 Å². The molecule has 0 unspecified atom stereocenters. The van der Waals surface area contributed by atoms with E-state index in [4.69, 9.17) is 0 Å². The van der Waals surface area contributed by atoms with Crippen LogP contribution in [0.2, 0.25) is 0 Å². The van der Waals surface area contributed by atoms with E-state index in [1.165, 1.54) is 12.1 Å². The minimum Gasteiger partial charge on any atom is -0.357 e. The number of sulfonamides is 1. The van der Waals surface area contributed by atoms with Gasteiger partial charge in [0.05, 0.1) is 11.3 Å². The van der Waals surface area contributed by atoms with E-state index in [0.29, 0.717) is 45.0 Å². The van der Waals surface area contributed by atoms with Gasteiger partial charge in [-0.1, -0.05) is 12.1 Å². The molecule has 27 heavy (non-hydrogen) atoms. The van der Waals surface area contributed by atoms with Gasteiger partial charge in [0, 0.05) is 26.2 Å². The van der Waals surface area contributed by atoms with Crippen molar-refractivity contribution in [3.8, 4) is 0 Å². The molecule has 1 aromatic carbocycles. The standard InChI is InChI=1S/C17H27F3N4O2S/c1-3-21-16(22-11-5-12-24-27(25,26)4-2)23-13-10-14-6-8-15(9-7-14)17(18,19)20/h6-9,24H,3-5,10-13H2,1-2H3,(H2,21,22,23). The number of benzene rings is 1. The van der Waals surface area contributed by atoms with E-state index in [1.54, 1.807) is 6.92 Å². The highest BCUT2D eigenvalue weighted by molar-refractivity contribution is 7.89. The third-order valence-electron chi connectivity index (χ3n) is 3.64. The summed E-state index contributed by atoms with van der Waals surface area (Å²) in [6.45, 7) is 5.44. The third kappa shape index (κ3) is 9.62. The van der Waals surface area contributed by atoms with Gasteiger partial charge in [0.15, 0.2) is 5.96 Å². The lowest BCUT2D eigenvalue weighted by Crippen LogP contribution is -2.38. The minimum atomic E-state index is -4.33. The van der Waals surface area contributed by atoms with Gasteiger partial charge in [-0.25, -0.2) is 13.1 Å². The summed E-state index contributed by atoms with van der Waals surface area (Å²) in [5, 5.41) is 6.18. The summed E-state index contributed by atoms with van der Waals surface area (Å²) in [5.41, 5.74) is 0.133. The molecule has 0 radical (unpaired) electrons. The Morgan fingerprint density at radius 2 is 1.74 bits per heavy atom. The number of nitrogens with one attached hydrogen (secondary N) is 3. The number of halogens is 3. The van der Waals surface area contributed by atoms with Crippen LogP contribution < -0.4 is 15.4 Å². The van der Waals surface area contributed by atoms with Gasteiger partial charge in [-0.2, -0.15) is 13.2 Å². The first-order chi connectivity index (χ1) is 12.7. The Kier molecular flexibility index (Phi) is 9.57. The molecule has 0 saturated heterocycles. The van der Waals surface area contributed by atoms with Gasteiger partial charge < -0.3 is 10.6 Å². The molecule has 3 N–H and O–H groups in total. The summed E-state index contributed by atoms with van der Waals surface area (Å²) >= 11 is 0. The van der Waals surface area contributed by atoms with E-state index in [9.17, 15) is 21.6 Å². The Bertz CT molecular complexity index is 689. The highest BCUT2D eigenvalue weighted by atomic mass is 32.2. The van der Waals surface area contributed by atoms with Gasteiger partial charge in [0.1, 0.15) is 0 Å². The van der Waals surface area contributed by atoms with E-state index in [0.717, 1.165) is 17.7 Å². The predicted molar refractivity (Wildman–Crippen MR) is 101 cm³/mol. The highest BCUT2D eigenvalue weighted by Gasteiger charge is 2.29. The second kappa shape index (κ2) is 11.1. The minimum absolute atomic E-state index is 0.0460. The van der Waals surface area contributed by atoms with Crippen LogP contribution in [0.15, 0.2) is 29.3 Å². The maximum Gasteiger partial charge on any atom is 0.416 e. The molecule has 1 rings (SSSR count). The normalized spacial score (nSPS) is 12.9. The molecule has 0 aromatic heterocycles. The van der Waals surface area contributed by atoms with Crippen LogP contribution in [-0.4, -0.2) is 46.3 Å². The summed E-state index contributed by atoms with van der Waals surface area (Å²) in [7, 11) is -3.19. The van der Waals surface area contributed by atoms with Gasteiger partial charge in [-0.15, -0.1) is 0 Å². The zero-order valence-corrected chi connectivity index (χ0v) is 16.4. The van der Waals surface area contributed by atoms with Gasteiger partial charge in [-0.3, -0.25) is 4.99 Å². The fourth-order valence-corrected chi connectivity index (χ4v) is 2.79. The number of alkyl halides is 3. The van der Waals surface area contributed by atoms with Crippen molar-refractivity contribution >= 4 is 16.0 Å². The molecule has 6 nitrogen and oxygen atoms in total. The summed E-state index contributed by atoms with van der Waals surface area (Å²) < 4.78 is 62.8. The molecule has 10 heteroatoms. The van der Waals surface area contributed by atoms with Crippen molar-refractivity contribution in [3.05, 3.63) is 35.4 Å². The monoisotopic (exact) mass is 408 g/mol. The van der Waals surface area contributed by atoms with Gasteiger partial charge in [-0.05, 0) is 44.4 Å². The Labute approximate surface area is 158 Å². The molecule has 0 saturated carbocycles. The molecule has 0 aliphatic rings. The van der Waals surface area contributed by atoms with E-state index in [-0.39, 0.29) is 5.75 Å². The van der Waals surface area contributed by atoms with E-state index >= 15 is 0 Å². The highest BCUT2D eigenvalue weighted by Crippen LogP contribution is 2.29. The number of nitrogens with zero attached hydrogens (tertiary/aromatic N) is 1. The van der Waals surface area contributed by atoms with Crippen LogP contribution in [0.5, 0.6) is 0 Å². The zero-order chi connectivity index (χ0) is 20.3. The Morgan fingerprint density at radius 1 is 1.07 bits per heavy atom. The lowest BCUT2D eigenvalue weighted by atomic mass is 10.1. The lowest BCUT2D eigenvalue weighted by Gasteiger charge is -2.12. The Balaban J connectivity index is 2.41. The summed E-state index contributed by atoms with van der Waals surface area (Å²) in [5.74, 6) is 0.632. The van der Waals surface area contributed by atoms with Crippen LogP contribution in [-0.2, 0) is 22.6 Å². The SMILES string of the molecule is CCNC(=NCCCNS(=O)(=O)CC)NCCc1ccc(C(F)(F)F)cc1. The van der Waals surface area contributed by atoms with Crippen molar-refractivity contribution in [1.29, 1.82) is 0 Å². The van der Waals surface area contributed by atoms with Crippen molar-refractivity contribution in [2.45, 2.75) is 32.9 Å². The van der Waals surface area contributed by atoms with Crippen LogP contribution in [0.3, 0.4) is 0 Å². The molecular weight excluding hydrogens is 381 g/mol. The first-order valence-corrected chi connectivity index (χ1v) is 10.5. The van der Waals surface area contributed by atoms with Crippen LogP contribution >= 0.6 is 0 Å². The number of hydrogen-bond acceptors (Lipinski definition) is 3. The first-order valence-electron chi connectivity index (χ1n) is 8.83. The van der Waals surface area contributed by atoms with Crippen molar-refractivity contribution in [1.82, 2.24) is 15.4 Å². The summed E-state index contributed by atoms with van der Waals surface area (Å²) in [6.07, 6.45) is -3.21. The van der Waals surface area contributed by atoms with Crippen molar-refractivity contribution in [2.24, 2.45) is 4.99 Å². The molecule has 0 spiro atoms. The van der Waals surface area contributed by atoms with Crippen molar-refractivity contribution < 1.29 is 21.6 Å². The quantitative estimate of drug-likeness (QED) is 0.315. The van der Waals surface area contributed by atoms with E-state index < -0.39 is 21.8 Å². The molecule has 0 amide bonds. The topological polar surface area (TPSA) is 82.6 Å². The van der Waals surface area contributed by atoms with Crippen LogP contribution in [0.1, 0.15) is 31.4 Å². The van der Waals surface area contributed by atoms with E-state index in [1.807, 2.05) is 6.92 Å². The number of hydrogen-bond donors (Lipinski definition) is 3. The molecule has 0 aliphatic heterocycles. The Morgan fingerprint density at radius 3 is 2.30 bits per heavy atom. The summed E-state index contributed by atoms with van der Waals surface area (Å²) in [4.78, 5) is 4.35. The molecule has 154 valence electrons. The van der Waals surface area contributed by atoms with Gasteiger partial charge in [0.2, 0.25) is 10.0 Å². The molecular formula is C17H27F3N4O2S. The van der Waals surface area contributed by atoms with Crippen LogP contribution in [0.4, 0.5) is 13.2 Å². The smallest absolute Gasteiger partial charge is 0.357 e. The fourth-order valence-electron chi connectivity index (χ4n) is 2.13. The third-order valence-corrected chi connectivity index (χ3v) is 5.04. The van der Waals surface area contributed by atoms with E-state index in [2.05, 4.69) is 20.3 Å². The predicted octanol–water partition coefficient (Wildman–Crippen LogP) is 2.13. The largest absolute Gasteiger partial charge is 0.416 e. The average molecular weight is 408 g/mol. The number of guanidine groups is 1.